The van der Waals surface area contributed by atoms with E-state index in [-0.39, 0.29) is 17.7 Å². The first-order valence-electron chi connectivity index (χ1n) is 6.21. The van der Waals surface area contributed by atoms with Crippen molar-refractivity contribution in [3.05, 3.63) is 29.3 Å². The maximum absolute atomic E-state index is 11.9. The Morgan fingerprint density at radius 3 is 2.84 bits per heavy atom. The van der Waals surface area contributed by atoms with Gasteiger partial charge in [-0.25, -0.2) is 0 Å². The smallest absolute Gasteiger partial charge is 0.217 e. The molecule has 1 aromatic rings. The molecule has 4 nitrogen and oxygen atoms in total. The van der Waals surface area contributed by atoms with Crippen LogP contribution in [0.1, 0.15) is 42.2 Å². The summed E-state index contributed by atoms with van der Waals surface area (Å²) in [6.45, 7) is 3.67. The molecule has 1 heterocycles. The van der Waals surface area contributed by atoms with Crippen LogP contribution in [0.25, 0.3) is 0 Å². The van der Waals surface area contributed by atoms with Crippen molar-refractivity contribution in [1.82, 2.24) is 5.32 Å². The van der Waals surface area contributed by atoms with Gasteiger partial charge in [0, 0.05) is 24.5 Å². The van der Waals surface area contributed by atoms with Crippen LogP contribution in [0.5, 0.6) is 5.75 Å². The van der Waals surface area contributed by atoms with Gasteiger partial charge in [-0.15, -0.1) is 11.6 Å². The number of Topliss-reactive ketones (excluding diaryl/α,β-unsaturated/α-hetero) is 1. The Labute approximate surface area is 117 Å². The summed E-state index contributed by atoms with van der Waals surface area (Å²) in [4.78, 5) is 23.1. The molecule has 0 saturated carbocycles. The van der Waals surface area contributed by atoms with Crippen LogP contribution in [0.4, 0.5) is 0 Å². The van der Waals surface area contributed by atoms with E-state index in [1.807, 2.05) is 0 Å². The third-order valence-corrected chi connectivity index (χ3v) is 3.27. The van der Waals surface area contributed by atoms with Crippen molar-refractivity contribution in [3.8, 4) is 5.75 Å². The van der Waals surface area contributed by atoms with E-state index in [9.17, 15) is 9.59 Å². The minimum Gasteiger partial charge on any atom is -0.493 e. The molecule has 0 fully saturated rings. The molecule has 1 aromatic carbocycles. The van der Waals surface area contributed by atoms with Crippen LogP contribution in [0.2, 0.25) is 0 Å². The monoisotopic (exact) mass is 281 g/mol. The highest BCUT2D eigenvalue weighted by Gasteiger charge is 2.24. The van der Waals surface area contributed by atoms with E-state index >= 15 is 0 Å². The summed E-state index contributed by atoms with van der Waals surface area (Å²) in [7, 11) is 0. The van der Waals surface area contributed by atoms with Gasteiger partial charge in [0.2, 0.25) is 5.91 Å². The predicted molar refractivity (Wildman–Crippen MR) is 72.8 cm³/mol. The van der Waals surface area contributed by atoms with Gasteiger partial charge in [0.1, 0.15) is 5.75 Å². The highest BCUT2D eigenvalue weighted by molar-refractivity contribution is 6.33. The van der Waals surface area contributed by atoms with Crippen molar-refractivity contribution in [3.63, 3.8) is 0 Å². The lowest BCUT2D eigenvalue weighted by Gasteiger charge is -2.26. The van der Waals surface area contributed by atoms with Gasteiger partial charge < -0.3 is 10.1 Å². The molecule has 2 atom stereocenters. The Bertz CT molecular complexity index is 513. The molecular formula is C14H16ClNO3. The zero-order chi connectivity index (χ0) is 14.0. The second kappa shape index (κ2) is 5.61. The molecule has 1 aliphatic rings. The second-order valence-corrected chi connectivity index (χ2v) is 5.28. The number of benzene rings is 1. The normalized spacial score (nSPS) is 19.0. The molecule has 0 bridgehead atoms. The molecule has 0 aliphatic carbocycles. The summed E-state index contributed by atoms with van der Waals surface area (Å²) in [6, 6.07) is 5.11. The number of ether oxygens (including phenoxy) is 1. The minimum absolute atomic E-state index is 0.0970. The van der Waals surface area contributed by atoms with E-state index in [0.717, 1.165) is 5.56 Å². The third kappa shape index (κ3) is 3.07. The van der Waals surface area contributed by atoms with Crippen LogP contribution in [0, 0.1) is 0 Å². The summed E-state index contributed by atoms with van der Waals surface area (Å²) < 4.78 is 5.53. The Balaban J connectivity index is 2.35. The summed E-state index contributed by atoms with van der Waals surface area (Å²) >= 11 is 5.82. The average molecular weight is 282 g/mol. The largest absolute Gasteiger partial charge is 0.493 e. The molecule has 1 aliphatic heterocycles. The molecule has 1 N–H and O–H groups in total. The summed E-state index contributed by atoms with van der Waals surface area (Å²) in [5.41, 5.74) is 1.38. The lowest BCUT2D eigenvalue weighted by Crippen LogP contribution is -2.30. The van der Waals surface area contributed by atoms with Crippen LogP contribution >= 0.6 is 11.6 Å². The number of alkyl halides is 1. The van der Waals surface area contributed by atoms with Crippen molar-refractivity contribution >= 4 is 23.3 Å². The summed E-state index contributed by atoms with van der Waals surface area (Å²) in [5.74, 6) is 0.487. The number of carbonyl (C=O) groups excluding carboxylic acids is 2. The first kappa shape index (κ1) is 13.9. The predicted octanol–water partition coefficient (Wildman–Crippen LogP) is 2.46. The van der Waals surface area contributed by atoms with Gasteiger partial charge in [-0.1, -0.05) is 0 Å². The first-order valence-corrected chi connectivity index (χ1v) is 6.65. The van der Waals surface area contributed by atoms with Crippen molar-refractivity contribution in [2.24, 2.45) is 0 Å². The van der Waals surface area contributed by atoms with E-state index in [1.54, 1.807) is 25.1 Å². The minimum atomic E-state index is -0.568. The van der Waals surface area contributed by atoms with Gasteiger partial charge in [0.25, 0.3) is 0 Å². The zero-order valence-corrected chi connectivity index (χ0v) is 11.7. The van der Waals surface area contributed by atoms with Gasteiger partial charge >= 0.3 is 0 Å². The van der Waals surface area contributed by atoms with Crippen molar-refractivity contribution in [2.75, 3.05) is 6.61 Å². The van der Waals surface area contributed by atoms with Crippen molar-refractivity contribution in [1.29, 1.82) is 0 Å². The topological polar surface area (TPSA) is 55.4 Å². The lowest BCUT2D eigenvalue weighted by atomic mass is 9.96. The number of hydrogen-bond acceptors (Lipinski definition) is 3. The first-order chi connectivity index (χ1) is 8.99. The van der Waals surface area contributed by atoms with Crippen LogP contribution in [-0.4, -0.2) is 23.7 Å². The standard InChI is InChI=1S/C14H16ClNO3/c1-8(15)14(18)10-3-4-13-11(7-10)12(5-6-19-13)16-9(2)17/h3-4,7-8,12H,5-6H2,1-2H3,(H,16,17)/t8-,12+/m0/s1. The maximum atomic E-state index is 11.9. The van der Waals surface area contributed by atoms with Gasteiger partial charge in [0.15, 0.2) is 5.78 Å². The molecule has 0 radical (unpaired) electrons. The fourth-order valence-corrected chi connectivity index (χ4v) is 2.30. The summed E-state index contributed by atoms with van der Waals surface area (Å²) in [6.07, 6.45) is 0.695. The Morgan fingerprint density at radius 2 is 2.21 bits per heavy atom. The van der Waals surface area contributed by atoms with E-state index < -0.39 is 5.38 Å². The number of hydrogen-bond donors (Lipinski definition) is 1. The van der Waals surface area contributed by atoms with Gasteiger partial charge in [0.05, 0.1) is 18.0 Å². The SMILES string of the molecule is CC(=O)N[C@@H]1CCOc2ccc(C(=O)[C@H](C)Cl)cc21. The van der Waals surface area contributed by atoms with Crippen molar-refractivity contribution < 1.29 is 14.3 Å². The summed E-state index contributed by atoms with van der Waals surface area (Å²) in [5, 5.41) is 2.30. The molecule has 1 amide bonds. The Hall–Kier alpha value is -1.55. The van der Waals surface area contributed by atoms with Crippen LogP contribution in [-0.2, 0) is 4.79 Å². The highest BCUT2D eigenvalue weighted by atomic mass is 35.5. The van der Waals surface area contributed by atoms with Gasteiger partial charge in [-0.05, 0) is 25.1 Å². The molecule has 0 aromatic heterocycles. The van der Waals surface area contributed by atoms with Crippen LogP contribution < -0.4 is 10.1 Å². The Morgan fingerprint density at radius 1 is 1.47 bits per heavy atom. The van der Waals surface area contributed by atoms with E-state index in [2.05, 4.69) is 5.32 Å². The number of halogens is 1. The van der Waals surface area contributed by atoms with E-state index in [0.29, 0.717) is 24.3 Å². The lowest BCUT2D eigenvalue weighted by molar-refractivity contribution is -0.119. The Kier molecular flexibility index (Phi) is 4.10. The number of nitrogens with one attached hydrogen (secondary N) is 1. The number of ketones is 1. The highest BCUT2D eigenvalue weighted by Crippen LogP contribution is 2.33. The maximum Gasteiger partial charge on any atom is 0.217 e. The van der Waals surface area contributed by atoms with Crippen LogP contribution in [0.15, 0.2) is 18.2 Å². The van der Waals surface area contributed by atoms with Crippen LogP contribution in [0.3, 0.4) is 0 Å². The fourth-order valence-electron chi connectivity index (χ4n) is 2.17. The molecular weight excluding hydrogens is 266 g/mol. The zero-order valence-electron chi connectivity index (χ0n) is 10.9. The quantitative estimate of drug-likeness (QED) is 0.684. The number of fused-ring (bicyclic) bond motifs is 1. The molecule has 0 unspecified atom stereocenters. The number of carbonyl (C=O) groups is 2. The van der Waals surface area contributed by atoms with Gasteiger partial charge in [-0.2, -0.15) is 0 Å². The molecule has 102 valence electrons. The number of amides is 1. The van der Waals surface area contributed by atoms with Crippen molar-refractivity contribution in [2.45, 2.75) is 31.7 Å². The fraction of sp³-hybridized carbons (Fsp3) is 0.429. The molecule has 0 spiro atoms. The van der Waals surface area contributed by atoms with Gasteiger partial charge in [-0.3, -0.25) is 9.59 Å². The van der Waals surface area contributed by atoms with E-state index in [1.165, 1.54) is 6.92 Å². The van der Waals surface area contributed by atoms with E-state index in [4.69, 9.17) is 16.3 Å². The number of rotatable bonds is 3. The molecule has 0 saturated heterocycles. The average Bonchev–Trinajstić information content (AvgIpc) is 2.37. The third-order valence-electron chi connectivity index (χ3n) is 3.07. The second-order valence-electron chi connectivity index (χ2n) is 4.62. The molecule has 5 heteroatoms. The molecule has 2 rings (SSSR count). The molecule has 19 heavy (non-hydrogen) atoms.